The van der Waals surface area contributed by atoms with Crippen molar-refractivity contribution in [3.05, 3.63) is 52.5 Å². The first kappa shape index (κ1) is 23.5. The van der Waals surface area contributed by atoms with Gasteiger partial charge in [0.25, 0.3) is 5.91 Å². The Balaban J connectivity index is 1.56. The average molecular weight is 464 g/mol. The molecule has 0 fully saturated rings. The maximum atomic E-state index is 13.0. The Bertz CT molecular complexity index is 1150. The maximum Gasteiger partial charge on any atom is 0.274 e. The molecule has 10 nitrogen and oxygen atoms in total. The molecule has 0 aliphatic carbocycles. The Morgan fingerprint density at radius 3 is 2.94 bits per heavy atom. The van der Waals surface area contributed by atoms with Gasteiger partial charge in [0.05, 0.1) is 18.5 Å². The highest BCUT2D eigenvalue weighted by atomic mass is 16.3. The van der Waals surface area contributed by atoms with E-state index < -0.39 is 0 Å². The van der Waals surface area contributed by atoms with Crippen LogP contribution >= 0.6 is 0 Å². The highest BCUT2D eigenvalue weighted by Gasteiger charge is 2.22. The predicted molar refractivity (Wildman–Crippen MR) is 130 cm³/mol. The lowest BCUT2D eigenvalue weighted by molar-refractivity contribution is -0.127. The number of pyridine rings is 2. The van der Waals surface area contributed by atoms with Crippen LogP contribution in [0.4, 0.5) is 11.5 Å². The summed E-state index contributed by atoms with van der Waals surface area (Å²) in [6.45, 7) is 4.25. The molecule has 5 N–H and O–H groups in total. The molecule has 178 valence electrons. The van der Waals surface area contributed by atoms with E-state index in [2.05, 4.69) is 25.6 Å². The zero-order valence-electron chi connectivity index (χ0n) is 19.2. The molecule has 4 rings (SSSR count). The van der Waals surface area contributed by atoms with Crippen molar-refractivity contribution >= 4 is 35.2 Å². The minimum atomic E-state index is -0.385. The van der Waals surface area contributed by atoms with Crippen molar-refractivity contribution in [2.24, 2.45) is 10.7 Å². The van der Waals surface area contributed by atoms with Gasteiger partial charge in [0, 0.05) is 55.9 Å². The van der Waals surface area contributed by atoms with E-state index in [0.717, 1.165) is 37.2 Å². The molecule has 0 spiro atoms. The molecule has 0 atom stereocenters. The first-order valence-electron chi connectivity index (χ1n) is 11.4. The highest BCUT2D eigenvalue weighted by molar-refractivity contribution is 6.06. The van der Waals surface area contributed by atoms with Gasteiger partial charge in [0.1, 0.15) is 11.5 Å². The Kier molecular flexibility index (Phi) is 7.29. The summed E-state index contributed by atoms with van der Waals surface area (Å²) in [7, 11) is 0. The van der Waals surface area contributed by atoms with Gasteiger partial charge in [0.15, 0.2) is 5.82 Å². The van der Waals surface area contributed by atoms with E-state index in [-0.39, 0.29) is 48.7 Å². The summed E-state index contributed by atoms with van der Waals surface area (Å²) in [6, 6.07) is 5.22. The maximum absolute atomic E-state index is 13.0. The van der Waals surface area contributed by atoms with E-state index in [1.807, 2.05) is 13.0 Å². The lowest BCUT2D eigenvalue weighted by atomic mass is 10.1. The smallest absolute Gasteiger partial charge is 0.274 e. The third kappa shape index (κ3) is 5.29. The minimum absolute atomic E-state index is 0.116. The summed E-state index contributed by atoms with van der Waals surface area (Å²) in [5, 5.41) is 15.4. The number of anilines is 1. The lowest BCUT2D eigenvalue weighted by Crippen LogP contribution is -2.36. The number of rotatable bonds is 7. The van der Waals surface area contributed by atoms with Crippen molar-refractivity contribution in [1.82, 2.24) is 20.2 Å². The van der Waals surface area contributed by atoms with Crippen LogP contribution < -0.4 is 16.4 Å². The zero-order valence-corrected chi connectivity index (χ0v) is 19.2. The van der Waals surface area contributed by atoms with Gasteiger partial charge in [-0.2, -0.15) is 0 Å². The van der Waals surface area contributed by atoms with E-state index in [0.29, 0.717) is 23.4 Å². The molecule has 10 heteroatoms. The van der Waals surface area contributed by atoms with Crippen LogP contribution in [0.15, 0.2) is 35.0 Å². The number of amides is 2. The molecule has 0 saturated carbocycles. The summed E-state index contributed by atoms with van der Waals surface area (Å²) >= 11 is 0. The van der Waals surface area contributed by atoms with Gasteiger partial charge >= 0.3 is 0 Å². The normalized spacial score (nSPS) is 14.8. The molecule has 0 aromatic carbocycles. The van der Waals surface area contributed by atoms with Crippen molar-refractivity contribution in [1.29, 1.82) is 0 Å². The summed E-state index contributed by atoms with van der Waals surface area (Å²) in [4.78, 5) is 40.6. The Hall–Kier alpha value is -3.63. The fourth-order valence-electron chi connectivity index (χ4n) is 4.05. The second kappa shape index (κ2) is 10.5. The molecule has 34 heavy (non-hydrogen) atoms. The number of nitrogens with two attached hydrogens (primary N) is 1. The summed E-state index contributed by atoms with van der Waals surface area (Å²) in [5.41, 5.74) is 10.0. The topological polar surface area (TPSA) is 146 Å². The van der Waals surface area contributed by atoms with Crippen molar-refractivity contribution in [2.45, 2.75) is 32.7 Å². The van der Waals surface area contributed by atoms with Gasteiger partial charge in [-0.05, 0) is 36.3 Å². The van der Waals surface area contributed by atoms with E-state index in [1.54, 1.807) is 29.3 Å². The quantitative estimate of drug-likeness (QED) is 0.485. The van der Waals surface area contributed by atoms with E-state index in [9.17, 15) is 14.7 Å². The highest BCUT2D eigenvalue weighted by Crippen LogP contribution is 2.26. The third-order valence-electron chi connectivity index (χ3n) is 5.69. The van der Waals surface area contributed by atoms with Crippen LogP contribution in [-0.2, 0) is 17.8 Å². The van der Waals surface area contributed by atoms with E-state index >= 15 is 0 Å². The van der Waals surface area contributed by atoms with E-state index in [4.69, 9.17) is 5.73 Å². The average Bonchev–Trinajstić information content (AvgIpc) is 3.00. The van der Waals surface area contributed by atoms with Crippen molar-refractivity contribution in [3.63, 3.8) is 0 Å². The van der Waals surface area contributed by atoms with Crippen molar-refractivity contribution in [3.8, 4) is 0 Å². The van der Waals surface area contributed by atoms with Crippen LogP contribution in [0.2, 0.25) is 0 Å². The zero-order chi connectivity index (χ0) is 24.1. The number of fused-ring (bicyclic) bond motifs is 2. The number of nitrogens with zero attached hydrogens (tertiary/aromatic N) is 4. The minimum Gasteiger partial charge on any atom is -0.395 e. The number of aliphatic hydroxyl groups is 1. The SMILES string of the molecule is CCCN(CCO)C(=O)C1=Cc2ccc(C(=O)Nc3cnc4c(c3)CNCC4)nc2N=C(N)C1. The Morgan fingerprint density at radius 1 is 1.29 bits per heavy atom. The van der Waals surface area contributed by atoms with Gasteiger partial charge in [0.2, 0.25) is 5.91 Å². The molecule has 0 radical (unpaired) electrons. The van der Waals surface area contributed by atoms with Gasteiger partial charge in [-0.1, -0.05) is 6.92 Å². The number of carbonyl (C=O) groups is 2. The monoisotopic (exact) mass is 463 g/mol. The standard InChI is InChI=1S/C24H29N7O3/c1-2-7-31(8-9-32)24(34)16-10-15-3-4-20(29-22(15)30-21(25)12-16)23(33)28-18-11-17-13-26-6-5-19(17)27-14-18/h3-4,10-11,14,26,32H,2,5-9,12-13H2,1H3,(H,28,33)(H2,25,29,30). The fraction of sp³-hybridized carbons (Fsp3) is 0.375. The van der Waals surface area contributed by atoms with Crippen molar-refractivity contribution in [2.75, 3.05) is 31.6 Å². The number of aliphatic imine (C=N–C) groups is 1. The third-order valence-corrected chi connectivity index (χ3v) is 5.69. The molecule has 0 bridgehead atoms. The molecule has 2 aliphatic rings. The van der Waals surface area contributed by atoms with Crippen LogP contribution in [0.5, 0.6) is 0 Å². The van der Waals surface area contributed by atoms with Crippen LogP contribution in [0.3, 0.4) is 0 Å². The number of aliphatic hydroxyl groups excluding tert-OH is 1. The fourth-order valence-corrected chi connectivity index (χ4v) is 4.05. The summed E-state index contributed by atoms with van der Waals surface area (Å²) in [5.74, 6) is -0.0676. The summed E-state index contributed by atoms with van der Waals surface area (Å²) < 4.78 is 0. The molecule has 2 aromatic heterocycles. The summed E-state index contributed by atoms with van der Waals surface area (Å²) in [6.07, 6.45) is 5.16. The second-order valence-electron chi connectivity index (χ2n) is 8.29. The molecular weight excluding hydrogens is 434 g/mol. The van der Waals surface area contributed by atoms with Crippen LogP contribution in [0.1, 0.15) is 47.1 Å². The van der Waals surface area contributed by atoms with Gasteiger partial charge in [-0.3, -0.25) is 14.6 Å². The predicted octanol–water partition coefficient (Wildman–Crippen LogP) is 1.38. The van der Waals surface area contributed by atoms with Crippen LogP contribution in [0, 0.1) is 0 Å². The molecule has 2 amide bonds. The molecule has 2 aromatic rings. The number of nitrogens with one attached hydrogen (secondary N) is 2. The Morgan fingerprint density at radius 2 is 2.15 bits per heavy atom. The van der Waals surface area contributed by atoms with Crippen molar-refractivity contribution < 1.29 is 14.7 Å². The first-order chi connectivity index (χ1) is 16.5. The first-order valence-corrected chi connectivity index (χ1v) is 11.4. The number of hydrogen-bond donors (Lipinski definition) is 4. The molecular formula is C24H29N7O3. The van der Waals surface area contributed by atoms with Crippen LogP contribution in [-0.4, -0.2) is 63.9 Å². The van der Waals surface area contributed by atoms with Crippen LogP contribution in [0.25, 0.3) is 6.08 Å². The molecule has 0 saturated heterocycles. The second-order valence-corrected chi connectivity index (χ2v) is 8.29. The largest absolute Gasteiger partial charge is 0.395 e. The van der Waals surface area contributed by atoms with Gasteiger partial charge in [-0.25, -0.2) is 9.98 Å². The number of aromatic nitrogens is 2. The molecule has 0 unspecified atom stereocenters. The molecule has 2 aliphatic heterocycles. The van der Waals surface area contributed by atoms with Gasteiger partial charge in [-0.15, -0.1) is 0 Å². The Labute approximate surface area is 198 Å². The van der Waals surface area contributed by atoms with E-state index in [1.165, 1.54) is 0 Å². The van der Waals surface area contributed by atoms with Gasteiger partial charge < -0.3 is 26.4 Å². The molecule has 4 heterocycles. The number of carbonyl (C=O) groups excluding carboxylic acids is 2. The lowest BCUT2D eigenvalue weighted by Gasteiger charge is -2.22. The number of hydrogen-bond acceptors (Lipinski definition) is 8. The number of amidine groups is 1.